The number of ether oxygens (including phenoxy) is 2. The quantitative estimate of drug-likeness (QED) is 0.214. The predicted molar refractivity (Wildman–Crippen MR) is 154 cm³/mol. The number of hydrogen-bond acceptors (Lipinski definition) is 9. The van der Waals surface area contributed by atoms with Gasteiger partial charge in [0.25, 0.3) is 0 Å². The summed E-state index contributed by atoms with van der Waals surface area (Å²) >= 11 is 0. The Morgan fingerprint density at radius 1 is 1.21 bits per heavy atom. The fourth-order valence-electron chi connectivity index (χ4n) is 5.95. The van der Waals surface area contributed by atoms with Crippen molar-refractivity contribution in [3.05, 3.63) is 92.0 Å². The van der Waals surface area contributed by atoms with Gasteiger partial charge in [-0.1, -0.05) is 0 Å². The summed E-state index contributed by atoms with van der Waals surface area (Å²) in [5.41, 5.74) is 2.03. The zero-order valence-electron chi connectivity index (χ0n) is 23.7. The molecule has 4 aromatic rings. The molecule has 0 spiro atoms. The Labute approximate surface area is 245 Å². The van der Waals surface area contributed by atoms with E-state index < -0.39 is 16.6 Å². The van der Waals surface area contributed by atoms with Crippen molar-refractivity contribution < 1.29 is 23.2 Å². The van der Waals surface area contributed by atoms with Gasteiger partial charge in [-0.3, -0.25) is 9.69 Å². The van der Waals surface area contributed by atoms with Crippen LogP contribution in [0.4, 0.5) is 20.3 Å². The molecular formula is C30H30F2N6O5. The van der Waals surface area contributed by atoms with Gasteiger partial charge in [-0.15, -0.1) is 0 Å². The molecule has 5 heterocycles. The van der Waals surface area contributed by atoms with Crippen molar-refractivity contribution in [1.29, 1.82) is 0 Å². The highest BCUT2D eigenvalue weighted by atomic mass is 19.2. The Morgan fingerprint density at radius 3 is 2.79 bits per heavy atom. The smallest absolute Gasteiger partial charge is 0.363 e. The van der Waals surface area contributed by atoms with Crippen LogP contribution in [0.5, 0.6) is 11.6 Å². The van der Waals surface area contributed by atoms with Crippen LogP contribution < -0.4 is 19.8 Å². The van der Waals surface area contributed by atoms with E-state index in [9.17, 15) is 23.7 Å². The number of benzene rings is 1. The molecular weight excluding hydrogens is 562 g/mol. The Kier molecular flexibility index (Phi) is 7.65. The number of hydrogen-bond donors (Lipinski definition) is 0. The Bertz CT molecular complexity index is 1750. The average Bonchev–Trinajstić information content (AvgIpc) is 3.02. The fourth-order valence-corrected chi connectivity index (χ4v) is 5.95. The number of methoxy groups -OCH3 is 1. The van der Waals surface area contributed by atoms with Crippen molar-refractivity contribution in [2.75, 3.05) is 31.7 Å². The summed E-state index contributed by atoms with van der Waals surface area (Å²) < 4.78 is 41.8. The van der Waals surface area contributed by atoms with Crippen LogP contribution in [0.25, 0.3) is 10.9 Å². The second-order valence-corrected chi connectivity index (χ2v) is 10.9. The minimum absolute atomic E-state index is 0.0131. The molecule has 0 amide bonds. The highest BCUT2D eigenvalue weighted by Crippen LogP contribution is 2.36. The number of halogens is 2. The molecule has 11 nitrogen and oxygen atoms in total. The third kappa shape index (κ3) is 5.47. The maximum Gasteiger partial charge on any atom is 0.363 e. The lowest BCUT2D eigenvalue weighted by molar-refractivity contribution is -0.389. The second kappa shape index (κ2) is 11.6. The van der Waals surface area contributed by atoms with E-state index in [-0.39, 0.29) is 53.1 Å². The van der Waals surface area contributed by atoms with Crippen LogP contribution in [-0.4, -0.2) is 57.2 Å². The van der Waals surface area contributed by atoms with E-state index in [1.807, 2.05) is 19.1 Å². The lowest BCUT2D eigenvalue weighted by atomic mass is 10.0. The average molecular weight is 593 g/mol. The number of rotatable bonds is 8. The van der Waals surface area contributed by atoms with Crippen LogP contribution in [-0.2, 0) is 13.1 Å². The molecule has 6 rings (SSSR count). The second-order valence-electron chi connectivity index (χ2n) is 10.9. The Hall–Kier alpha value is -4.65. The van der Waals surface area contributed by atoms with Crippen LogP contribution >= 0.6 is 0 Å². The first-order chi connectivity index (χ1) is 20.7. The van der Waals surface area contributed by atoms with E-state index in [4.69, 9.17) is 9.47 Å². The molecule has 2 aliphatic rings. The van der Waals surface area contributed by atoms with Crippen LogP contribution in [0, 0.1) is 21.7 Å². The standard InChI is InChI=1S/C30H30F2N6O5/c1-18-17-43-30-27(32)24(31)11-23-28(30)37(18)15-20(29(23)39)14-36(13-19-7-8-33-26(10-19)42-2)22-4-3-9-35(16-22)21-5-6-25(34-12-21)38(40)41/h5-8,10-12,15,18,22H,3-4,9,13-14,16-17H2,1-2H3/t18?,22-/m0/s1. The van der Waals surface area contributed by atoms with Crippen molar-refractivity contribution in [3.8, 4) is 11.6 Å². The lowest BCUT2D eigenvalue weighted by Gasteiger charge is -2.40. The summed E-state index contributed by atoms with van der Waals surface area (Å²) in [6.45, 7) is 4.11. The van der Waals surface area contributed by atoms with Gasteiger partial charge in [0.1, 0.15) is 6.61 Å². The summed E-state index contributed by atoms with van der Waals surface area (Å²) in [5, 5.41) is 11.2. The van der Waals surface area contributed by atoms with Crippen molar-refractivity contribution in [2.24, 2.45) is 0 Å². The topological polar surface area (TPSA) is 116 Å². The van der Waals surface area contributed by atoms with Crippen molar-refractivity contribution in [1.82, 2.24) is 19.4 Å². The van der Waals surface area contributed by atoms with E-state index in [1.165, 1.54) is 12.3 Å². The third-order valence-corrected chi connectivity index (χ3v) is 8.15. The summed E-state index contributed by atoms with van der Waals surface area (Å²) in [4.78, 5) is 36.9. The van der Waals surface area contributed by atoms with Crippen LogP contribution in [0.1, 0.15) is 36.9 Å². The molecule has 2 aliphatic heterocycles. The molecule has 0 aliphatic carbocycles. The van der Waals surface area contributed by atoms with Gasteiger partial charge < -0.3 is 29.1 Å². The van der Waals surface area contributed by atoms with Crippen LogP contribution in [0.2, 0.25) is 0 Å². The summed E-state index contributed by atoms with van der Waals surface area (Å²) in [6.07, 6.45) is 6.60. The number of aromatic nitrogens is 3. The molecule has 1 fully saturated rings. The van der Waals surface area contributed by atoms with Gasteiger partial charge in [0, 0.05) is 62.3 Å². The summed E-state index contributed by atoms with van der Waals surface area (Å²) in [7, 11) is 1.55. The highest BCUT2D eigenvalue weighted by Gasteiger charge is 2.30. The Balaban J connectivity index is 1.38. The number of nitrogens with zero attached hydrogens (tertiary/aromatic N) is 6. The first-order valence-corrected chi connectivity index (χ1v) is 14.0. The third-order valence-electron chi connectivity index (χ3n) is 8.15. The van der Waals surface area contributed by atoms with Gasteiger partial charge in [-0.2, -0.15) is 4.39 Å². The van der Waals surface area contributed by atoms with Gasteiger partial charge in [0.15, 0.2) is 23.2 Å². The molecule has 13 heteroatoms. The van der Waals surface area contributed by atoms with Gasteiger partial charge in [0.05, 0.1) is 29.7 Å². The van der Waals surface area contributed by atoms with E-state index >= 15 is 0 Å². The molecule has 43 heavy (non-hydrogen) atoms. The molecule has 1 unspecified atom stereocenters. The number of pyridine rings is 3. The minimum Gasteiger partial charge on any atom is -0.486 e. The monoisotopic (exact) mass is 592 g/mol. The SMILES string of the molecule is COc1cc(CN(Cc2cn3c4c(c(F)c(F)cc4c2=O)OCC3C)[C@H]2CCCN(c3ccc([N+](=O)[O-])nc3)C2)ccn1. The Morgan fingerprint density at radius 2 is 2.05 bits per heavy atom. The highest BCUT2D eigenvalue weighted by molar-refractivity contribution is 5.86. The maximum absolute atomic E-state index is 14.6. The molecule has 0 N–H and O–H groups in total. The summed E-state index contributed by atoms with van der Waals surface area (Å²) in [5.74, 6) is -2.22. The van der Waals surface area contributed by atoms with Crippen LogP contribution in [0.15, 0.2) is 53.7 Å². The zero-order chi connectivity index (χ0) is 30.2. The van der Waals surface area contributed by atoms with Crippen molar-refractivity contribution >= 4 is 22.4 Å². The molecule has 224 valence electrons. The predicted octanol–water partition coefficient (Wildman–Crippen LogP) is 4.61. The van der Waals surface area contributed by atoms with Crippen LogP contribution in [0.3, 0.4) is 0 Å². The van der Waals surface area contributed by atoms with Gasteiger partial charge in [0.2, 0.25) is 11.7 Å². The molecule has 3 aromatic heterocycles. The maximum atomic E-state index is 14.6. The molecule has 1 aromatic carbocycles. The molecule has 0 radical (unpaired) electrons. The number of nitro groups is 1. The van der Waals surface area contributed by atoms with E-state index in [2.05, 4.69) is 19.8 Å². The normalized spacial score (nSPS) is 18.1. The first kappa shape index (κ1) is 28.5. The zero-order valence-corrected chi connectivity index (χ0v) is 23.7. The first-order valence-electron chi connectivity index (χ1n) is 14.0. The van der Waals surface area contributed by atoms with E-state index in [0.717, 1.165) is 36.7 Å². The number of piperidine rings is 1. The molecule has 0 bridgehead atoms. The van der Waals surface area contributed by atoms with Gasteiger partial charge >= 0.3 is 5.82 Å². The van der Waals surface area contributed by atoms with E-state index in [0.29, 0.717) is 24.5 Å². The minimum atomic E-state index is -1.13. The van der Waals surface area contributed by atoms with Gasteiger partial charge in [-0.25, -0.2) is 9.37 Å². The summed E-state index contributed by atoms with van der Waals surface area (Å²) in [6, 6.07) is 7.56. The molecule has 0 saturated carbocycles. The molecule has 1 saturated heterocycles. The van der Waals surface area contributed by atoms with Gasteiger partial charge in [-0.05, 0) is 53.4 Å². The fraction of sp³-hybridized carbons (Fsp3) is 0.367. The largest absolute Gasteiger partial charge is 0.486 e. The molecule has 2 atom stereocenters. The van der Waals surface area contributed by atoms with E-state index in [1.54, 1.807) is 30.1 Å². The number of anilines is 1. The lowest BCUT2D eigenvalue weighted by Crippen LogP contribution is -2.48. The van der Waals surface area contributed by atoms with Crippen molar-refractivity contribution in [3.63, 3.8) is 0 Å². The van der Waals surface area contributed by atoms with Crippen molar-refractivity contribution in [2.45, 2.75) is 44.9 Å².